The van der Waals surface area contributed by atoms with E-state index in [1.807, 2.05) is 67.9 Å². The molecule has 0 saturated heterocycles. The Bertz CT molecular complexity index is 594. The molecule has 0 fully saturated rings. The quantitative estimate of drug-likeness (QED) is 0.377. The number of carboxylic acids is 1. The second-order valence-corrected chi connectivity index (χ2v) is 4.36. The first-order valence-corrected chi connectivity index (χ1v) is 6.32. The third kappa shape index (κ3) is 8.54. The Morgan fingerprint density at radius 1 is 1.14 bits per heavy atom. The second-order valence-electron chi connectivity index (χ2n) is 4.36. The van der Waals surface area contributed by atoms with Crippen LogP contribution in [0.2, 0.25) is 0 Å². The van der Waals surface area contributed by atoms with E-state index in [0.717, 1.165) is 24.0 Å². The summed E-state index contributed by atoms with van der Waals surface area (Å²) in [6.45, 7) is 0.972. The number of anilines is 1. The molecule has 0 N–H and O–H groups in total. The van der Waals surface area contributed by atoms with Crippen molar-refractivity contribution in [1.82, 2.24) is 0 Å². The largest absolute Gasteiger partial charge is 1.00 e. The fourth-order valence-corrected chi connectivity index (χ4v) is 1.38. The van der Waals surface area contributed by atoms with Gasteiger partial charge in [0.15, 0.2) is 0 Å². The average molecular weight is 484 g/mol. The summed E-state index contributed by atoms with van der Waals surface area (Å²) in [5.41, 5.74) is 5.78. The molecule has 2 rings (SSSR count). The number of carboxylic acid groups (broad SMARTS) is 1. The van der Waals surface area contributed by atoms with Gasteiger partial charge in [-0.2, -0.15) is 10.2 Å². The maximum Gasteiger partial charge on any atom is 1.00 e. The number of allylic oxidation sites excluding steroid dienone is 2. The van der Waals surface area contributed by atoms with Crippen molar-refractivity contribution in [3.8, 4) is 0 Å². The number of carbonyl (C=O) groups excluding carboxylic acids is 1. The number of carbonyl (C=O) groups is 1. The van der Waals surface area contributed by atoms with Crippen LogP contribution in [0.15, 0.2) is 64.2 Å². The molecule has 2 radical (unpaired) electrons. The Morgan fingerprint density at radius 3 is 2.18 bits per heavy atom. The third-order valence-electron chi connectivity index (χ3n) is 2.35. The molecule has 1 aliphatic carbocycles. The van der Waals surface area contributed by atoms with Crippen LogP contribution in [0.3, 0.4) is 0 Å². The van der Waals surface area contributed by atoms with Gasteiger partial charge in [0.2, 0.25) is 0 Å². The molecule has 1 aromatic carbocycles. The van der Waals surface area contributed by atoms with Crippen molar-refractivity contribution in [2.75, 3.05) is 19.0 Å². The summed E-state index contributed by atoms with van der Waals surface area (Å²) >= 11 is 0. The van der Waals surface area contributed by atoms with E-state index in [0.29, 0.717) is 0 Å². The van der Waals surface area contributed by atoms with Crippen molar-refractivity contribution in [3.63, 3.8) is 0 Å². The van der Waals surface area contributed by atoms with Crippen LogP contribution in [0, 0.1) is 6.42 Å². The zero-order chi connectivity index (χ0) is 15.7. The average Bonchev–Trinajstić information content (AvgIpc) is 2.46. The van der Waals surface area contributed by atoms with Crippen molar-refractivity contribution in [3.05, 3.63) is 60.3 Å². The smallest absolute Gasteiger partial charge is 0.550 e. The maximum atomic E-state index is 8.89. The monoisotopic (exact) mass is 485 g/mol. The summed E-state index contributed by atoms with van der Waals surface area (Å²) in [7, 11) is 4.02. The molecule has 1 aromatic rings. The summed E-state index contributed by atoms with van der Waals surface area (Å²) in [4.78, 5) is 10.9. The van der Waals surface area contributed by atoms with Gasteiger partial charge in [0.25, 0.3) is 0 Å². The van der Waals surface area contributed by atoms with Crippen LogP contribution in [-0.2, 0) is 32.5 Å². The number of hydrogen-bond donors (Lipinski definition) is 0. The number of rotatable bonds is 3. The Kier molecular flexibility index (Phi) is 10.1. The van der Waals surface area contributed by atoms with Crippen LogP contribution in [0.4, 0.5) is 11.4 Å². The first kappa shape index (κ1) is 20.3. The predicted octanol–water partition coefficient (Wildman–Crippen LogP) is 2.40. The maximum absolute atomic E-state index is 8.89. The molecule has 0 amide bonds. The van der Waals surface area contributed by atoms with Gasteiger partial charge in [0, 0.05) is 32.2 Å². The Labute approximate surface area is 151 Å². The molecule has 5 nitrogen and oxygen atoms in total. The summed E-state index contributed by atoms with van der Waals surface area (Å²) in [6.07, 6.45) is 7.39. The minimum Gasteiger partial charge on any atom is -0.550 e. The molecule has 0 aliphatic heterocycles. The van der Waals surface area contributed by atoms with Crippen molar-refractivity contribution in [2.45, 2.75) is 6.92 Å². The summed E-state index contributed by atoms with van der Waals surface area (Å²) in [6, 6.07) is 7.95. The minimum absolute atomic E-state index is 0. The van der Waals surface area contributed by atoms with E-state index in [1.165, 1.54) is 0 Å². The summed E-state index contributed by atoms with van der Waals surface area (Å²) < 4.78 is 0. The van der Waals surface area contributed by atoms with Crippen molar-refractivity contribution in [2.24, 2.45) is 10.2 Å². The molecule has 0 bridgehead atoms. The van der Waals surface area contributed by atoms with Gasteiger partial charge in [-0.1, -0.05) is 0 Å². The van der Waals surface area contributed by atoms with Gasteiger partial charge in [-0.3, -0.25) is 0 Å². The van der Waals surface area contributed by atoms with Gasteiger partial charge in [0.05, 0.1) is 11.4 Å². The standard InChI is InChI=1S/C14H14N3.C2H4O2.Hg/c1-17(2)14-10-8-13(9-11-14)16-15-12-6-4-3-5-7-12;1-2(3)4;/h4-11H,1-2H3;1H3,(H,3,4);/q;;+1/p-1. The van der Waals surface area contributed by atoms with E-state index in [4.69, 9.17) is 9.90 Å². The van der Waals surface area contributed by atoms with E-state index in [-0.39, 0.29) is 27.7 Å². The third-order valence-corrected chi connectivity index (χ3v) is 2.35. The molecule has 0 saturated carbocycles. The van der Waals surface area contributed by atoms with Crippen LogP contribution in [0.5, 0.6) is 0 Å². The van der Waals surface area contributed by atoms with Gasteiger partial charge in [0.1, 0.15) is 0 Å². The van der Waals surface area contributed by atoms with Crippen LogP contribution >= 0.6 is 0 Å². The van der Waals surface area contributed by atoms with E-state index < -0.39 is 5.97 Å². The molecule has 0 unspecified atom stereocenters. The van der Waals surface area contributed by atoms with Crippen molar-refractivity contribution in [1.29, 1.82) is 0 Å². The summed E-state index contributed by atoms with van der Waals surface area (Å²) in [5.74, 6) is -1.08. The number of nitrogens with zero attached hydrogens (tertiary/aromatic N) is 3. The van der Waals surface area contributed by atoms with Crippen molar-refractivity contribution < 1.29 is 37.6 Å². The van der Waals surface area contributed by atoms with E-state index in [9.17, 15) is 0 Å². The topological polar surface area (TPSA) is 68.1 Å². The molecule has 0 spiro atoms. The fraction of sp³-hybridized carbons (Fsp3) is 0.188. The van der Waals surface area contributed by atoms with Gasteiger partial charge in [-0.15, -0.1) is 5.73 Å². The first-order chi connectivity index (χ1) is 9.99. The fourth-order valence-electron chi connectivity index (χ4n) is 1.38. The van der Waals surface area contributed by atoms with Crippen LogP contribution in [0.25, 0.3) is 0 Å². The molecule has 110 valence electrons. The molecule has 0 aromatic heterocycles. The second kappa shape index (κ2) is 10.9. The van der Waals surface area contributed by atoms with E-state index in [2.05, 4.69) is 16.0 Å². The van der Waals surface area contributed by atoms with Gasteiger partial charge < -0.3 is 14.8 Å². The zero-order valence-electron chi connectivity index (χ0n) is 13.0. The summed E-state index contributed by atoms with van der Waals surface area (Å²) in [5, 5.41) is 17.2. The predicted molar refractivity (Wildman–Crippen MR) is 81.0 cm³/mol. The molecule has 0 atom stereocenters. The van der Waals surface area contributed by atoms with Gasteiger partial charge in [-0.05, 0) is 49.4 Å². The number of benzene rings is 1. The van der Waals surface area contributed by atoms with Crippen LogP contribution in [-0.4, -0.2) is 20.1 Å². The molecule has 0 heterocycles. The number of azo groups is 1. The normalized spacial score (nSPS) is 12.0. The number of hydrogen-bond acceptors (Lipinski definition) is 5. The van der Waals surface area contributed by atoms with Crippen LogP contribution in [0.1, 0.15) is 6.92 Å². The zero-order valence-corrected chi connectivity index (χ0v) is 18.5. The SMILES string of the molecule is CC(=O)[O-].CN(C)c1ccc(N=NC2=CC=C=C[CH]2)cc1.[Hg+]. The molecular formula is C16H17HgN3O2. The Morgan fingerprint density at radius 2 is 1.73 bits per heavy atom. The minimum atomic E-state index is -1.08. The van der Waals surface area contributed by atoms with Crippen molar-refractivity contribution >= 4 is 17.3 Å². The molecule has 1 aliphatic rings. The number of aliphatic carboxylic acids is 1. The van der Waals surface area contributed by atoms with Gasteiger partial charge >= 0.3 is 27.7 Å². The van der Waals surface area contributed by atoms with Crippen LogP contribution < -0.4 is 10.0 Å². The molecule has 22 heavy (non-hydrogen) atoms. The van der Waals surface area contributed by atoms with Gasteiger partial charge in [-0.25, -0.2) is 0 Å². The first-order valence-electron chi connectivity index (χ1n) is 6.32. The molecule has 6 heteroatoms. The Hall–Kier alpha value is -1.71. The Balaban J connectivity index is 0.000000791. The van der Waals surface area contributed by atoms with E-state index in [1.54, 1.807) is 0 Å². The molecular weight excluding hydrogens is 467 g/mol. The van der Waals surface area contributed by atoms with E-state index >= 15 is 0 Å².